The SMILES string of the molecule is Cc1noc(CCCC(=O)N[C@@H]2C[C@H]2c2ccccc2Cl)n1. The fraction of sp³-hybridized carbons (Fsp3) is 0.438. The topological polar surface area (TPSA) is 68.0 Å². The van der Waals surface area contributed by atoms with Gasteiger partial charge in [-0.2, -0.15) is 4.98 Å². The third kappa shape index (κ3) is 3.65. The first-order chi connectivity index (χ1) is 10.6. The zero-order valence-corrected chi connectivity index (χ0v) is 13.1. The van der Waals surface area contributed by atoms with Crippen molar-refractivity contribution in [1.82, 2.24) is 15.5 Å². The highest BCUT2D eigenvalue weighted by Gasteiger charge is 2.40. The third-order valence-electron chi connectivity index (χ3n) is 3.81. The van der Waals surface area contributed by atoms with E-state index < -0.39 is 0 Å². The highest BCUT2D eigenvalue weighted by molar-refractivity contribution is 6.31. The normalized spacial score (nSPS) is 19.9. The molecular weight excluding hydrogens is 302 g/mol. The van der Waals surface area contributed by atoms with Crippen LogP contribution in [0.1, 0.15) is 42.5 Å². The fourth-order valence-electron chi connectivity index (χ4n) is 2.59. The number of carbonyl (C=O) groups is 1. The van der Waals surface area contributed by atoms with Crippen LogP contribution in [0.2, 0.25) is 5.02 Å². The maximum absolute atomic E-state index is 11.9. The van der Waals surface area contributed by atoms with Gasteiger partial charge in [0.1, 0.15) is 0 Å². The van der Waals surface area contributed by atoms with Crippen molar-refractivity contribution >= 4 is 17.5 Å². The maximum Gasteiger partial charge on any atom is 0.226 e. The largest absolute Gasteiger partial charge is 0.353 e. The van der Waals surface area contributed by atoms with Crippen molar-refractivity contribution < 1.29 is 9.32 Å². The van der Waals surface area contributed by atoms with Gasteiger partial charge in [0.2, 0.25) is 11.8 Å². The van der Waals surface area contributed by atoms with Crippen molar-refractivity contribution in [3.63, 3.8) is 0 Å². The number of rotatable bonds is 6. The lowest BCUT2D eigenvalue weighted by Crippen LogP contribution is -2.26. The van der Waals surface area contributed by atoms with E-state index in [0.717, 1.165) is 17.0 Å². The molecule has 0 radical (unpaired) electrons. The standard InChI is InChI=1S/C16H18ClN3O2/c1-10-18-16(22-20-10)8-4-7-15(21)19-14-9-12(14)11-5-2-3-6-13(11)17/h2-3,5-6,12,14H,4,7-9H2,1H3,(H,19,21)/t12-,14+/m0/s1. The second kappa shape index (κ2) is 6.48. The average molecular weight is 320 g/mol. The number of benzene rings is 1. The van der Waals surface area contributed by atoms with Crippen molar-refractivity contribution in [2.45, 2.75) is 44.6 Å². The highest BCUT2D eigenvalue weighted by Crippen LogP contribution is 2.43. The molecule has 1 aromatic heterocycles. The molecule has 1 saturated carbocycles. The highest BCUT2D eigenvalue weighted by atomic mass is 35.5. The Morgan fingerprint density at radius 3 is 3.00 bits per heavy atom. The smallest absolute Gasteiger partial charge is 0.226 e. The molecule has 0 unspecified atom stereocenters. The molecule has 1 aromatic carbocycles. The number of nitrogens with one attached hydrogen (secondary N) is 1. The Bertz CT molecular complexity index is 671. The van der Waals surface area contributed by atoms with Crippen LogP contribution in [0.25, 0.3) is 0 Å². The number of aromatic nitrogens is 2. The van der Waals surface area contributed by atoms with Gasteiger partial charge in [-0.3, -0.25) is 4.79 Å². The Hall–Kier alpha value is -1.88. The van der Waals surface area contributed by atoms with Gasteiger partial charge in [-0.25, -0.2) is 0 Å². The minimum atomic E-state index is 0.0655. The van der Waals surface area contributed by atoms with Crippen LogP contribution in [0.4, 0.5) is 0 Å². The molecule has 116 valence electrons. The first-order valence-electron chi connectivity index (χ1n) is 7.46. The van der Waals surface area contributed by atoms with Gasteiger partial charge in [0.05, 0.1) is 0 Å². The Morgan fingerprint density at radius 2 is 2.27 bits per heavy atom. The van der Waals surface area contributed by atoms with Gasteiger partial charge in [0.15, 0.2) is 5.82 Å². The number of nitrogens with zero attached hydrogens (tertiary/aromatic N) is 2. The maximum atomic E-state index is 11.9. The van der Waals surface area contributed by atoms with Gasteiger partial charge in [-0.05, 0) is 31.4 Å². The van der Waals surface area contributed by atoms with Crippen molar-refractivity contribution in [3.8, 4) is 0 Å². The summed E-state index contributed by atoms with van der Waals surface area (Å²) >= 11 is 6.18. The van der Waals surface area contributed by atoms with Crippen molar-refractivity contribution in [2.75, 3.05) is 0 Å². The van der Waals surface area contributed by atoms with Crippen LogP contribution in [0.15, 0.2) is 28.8 Å². The summed E-state index contributed by atoms with van der Waals surface area (Å²) in [4.78, 5) is 16.1. The molecule has 3 rings (SSSR count). The molecule has 1 N–H and O–H groups in total. The van der Waals surface area contributed by atoms with Crippen LogP contribution in [0.3, 0.4) is 0 Å². The van der Waals surface area contributed by atoms with E-state index in [1.807, 2.05) is 24.3 Å². The van der Waals surface area contributed by atoms with E-state index in [9.17, 15) is 4.79 Å². The Balaban J connectivity index is 1.41. The van der Waals surface area contributed by atoms with E-state index in [1.165, 1.54) is 0 Å². The lowest BCUT2D eigenvalue weighted by Gasteiger charge is -2.05. The molecule has 5 nitrogen and oxygen atoms in total. The van der Waals surface area contributed by atoms with E-state index in [-0.39, 0.29) is 11.9 Å². The fourth-order valence-corrected chi connectivity index (χ4v) is 2.87. The van der Waals surface area contributed by atoms with Gasteiger partial charge < -0.3 is 9.84 Å². The van der Waals surface area contributed by atoms with Crippen LogP contribution in [0, 0.1) is 6.92 Å². The molecule has 2 aromatic rings. The summed E-state index contributed by atoms with van der Waals surface area (Å²) in [7, 11) is 0. The number of aryl methyl sites for hydroxylation is 2. The monoisotopic (exact) mass is 319 g/mol. The summed E-state index contributed by atoms with van der Waals surface area (Å²) in [5.41, 5.74) is 1.12. The molecule has 6 heteroatoms. The predicted molar refractivity (Wildman–Crippen MR) is 82.7 cm³/mol. The summed E-state index contributed by atoms with van der Waals surface area (Å²) in [5.74, 6) is 1.62. The molecule has 1 amide bonds. The molecule has 1 aliphatic carbocycles. The van der Waals surface area contributed by atoms with Crippen LogP contribution >= 0.6 is 11.6 Å². The summed E-state index contributed by atoms with van der Waals surface area (Å²) in [6, 6.07) is 8.02. The van der Waals surface area contributed by atoms with Crippen molar-refractivity contribution in [1.29, 1.82) is 0 Å². The molecule has 2 atom stereocenters. The minimum absolute atomic E-state index is 0.0655. The molecule has 0 bridgehead atoms. The van der Waals surface area contributed by atoms with E-state index in [2.05, 4.69) is 15.5 Å². The van der Waals surface area contributed by atoms with Crippen LogP contribution in [0.5, 0.6) is 0 Å². The lowest BCUT2D eigenvalue weighted by molar-refractivity contribution is -0.121. The summed E-state index contributed by atoms with van der Waals surface area (Å²) in [6.07, 6.45) is 2.76. The molecule has 0 saturated heterocycles. The zero-order valence-electron chi connectivity index (χ0n) is 12.4. The van der Waals surface area contributed by atoms with Gasteiger partial charge >= 0.3 is 0 Å². The summed E-state index contributed by atoms with van der Waals surface area (Å²) in [5, 5.41) is 7.56. The Morgan fingerprint density at radius 1 is 1.45 bits per heavy atom. The van der Waals surface area contributed by atoms with Crippen molar-refractivity contribution in [2.24, 2.45) is 0 Å². The number of amides is 1. The molecule has 1 heterocycles. The number of hydrogen-bond donors (Lipinski definition) is 1. The van der Waals surface area contributed by atoms with Crippen LogP contribution in [-0.4, -0.2) is 22.1 Å². The molecule has 1 fully saturated rings. The van der Waals surface area contributed by atoms with E-state index >= 15 is 0 Å². The van der Waals surface area contributed by atoms with E-state index in [1.54, 1.807) is 6.92 Å². The molecule has 1 aliphatic rings. The first-order valence-corrected chi connectivity index (χ1v) is 7.84. The van der Waals surface area contributed by atoms with Gasteiger partial charge in [-0.15, -0.1) is 0 Å². The number of hydrogen-bond acceptors (Lipinski definition) is 4. The summed E-state index contributed by atoms with van der Waals surface area (Å²) < 4.78 is 5.02. The quantitative estimate of drug-likeness (QED) is 0.888. The lowest BCUT2D eigenvalue weighted by atomic mass is 10.1. The van der Waals surface area contributed by atoms with E-state index in [4.69, 9.17) is 16.1 Å². The van der Waals surface area contributed by atoms with Gasteiger partial charge in [0, 0.05) is 29.8 Å². The first kappa shape index (κ1) is 15.0. The van der Waals surface area contributed by atoms with Crippen LogP contribution < -0.4 is 5.32 Å². The molecule has 0 aliphatic heterocycles. The second-order valence-electron chi connectivity index (χ2n) is 5.63. The van der Waals surface area contributed by atoms with E-state index in [0.29, 0.717) is 36.9 Å². The van der Waals surface area contributed by atoms with Crippen LogP contribution in [-0.2, 0) is 11.2 Å². The Kier molecular flexibility index (Phi) is 4.43. The number of halogens is 1. The van der Waals surface area contributed by atoms with Gasteiger partial charge in [-0.1, -0.05) is 35.0 Å². The summed E-state index contributed by atoms with van der Waals surface area (Å²) in [6.45, 7) is 1.78. The number of carbonyl (C=O) groups excluding carboxylic acids is 1. The Labute approximate surface area is 134 Å². The molecule has 22 heavy (non-hydrogen) atoms. The minimum Gasteiger partial charge on any atom is -0.353 e. The predicted octanol–water partition coefficient (Wildman–Crippen LogP) is 3.03. The van der Waals surface area contributed by atoms with Crippen molar-refractivity contribution in [3.05, 3.63) is 46.6 Å². The van der Waals surface area contributed by atoms with Gasteiger partial charge in [0.25, 0.3) is 0 Å². The average Bonchev–Trinajstić information content (AvgIpc) is 3.11. The molecular formula is C16H18ClN3O2. The zero-order chi connectivity index (χ0) is 15.5. The second-order valence-corrected chi connectivity index (χ2v) is 6.03. The molecule has 0 spiro atoms. The third-order valence-corrected chi connectivity index (χ3v) is 4.15.